The van der Waals surface area contributed by atoms with Crippen LogP contribution >= 0.6 is 23.2 Å². The molecule has 0 radical (unpaired) electrons. The lowest BCUT2D eigenvalue weighted by molar-refractivity contribution is 0.0988. The van der Waals surface area contributed by atoms with Gasteiger partial charge in [-0.05, 0) is 24.3 Å². The highest BCUT2D eigenvalue weighted by molar-refractivity contribution is 6.33. The van der Waals surface area contributed by atoms with Crippen LogP contribution in [0.4, 0.5) is 5.69 Å². The summed E-state index contributed by atoms with van der Waals surface area (Å²) in [5, 5.41) is 7.64. The summed E-state index contributed by atoms with van der Waals surface area (Å²) < 4.78 is 5.08. The Morgan fingerprint density at radius 2 is 1.86 bits per heavy atom. The van der Waals surface area contributed by atoms with Crippen LogP contribution in [0.3, 0.4) is 0 Å². The fourth-order valence-electron chi connectivity index (χ4n) is 1.94. The van der Waals surface area contributed by atoms with E-state index in [1.807, 2.05) is 12.1 Å². The molecule has 0 unspecified atom stereocenters. The van der Waals surface area contributed by atoms with E-state index in [4.69, 9.17) is 27.7 Å². The maximum absolute atomic E-state index is 12.1. The average molecular weight is 333 g/mol. The Kier molecular flexibility index (Phi) is 4.13. The van der Waals surface area contributed by atoms with Crippen molar-refractivity contribution in [1.82, 2.24) is 5.16 Å². The van der Waals surface area contributed by atoms with E-state index in [-0.39, 0.29) is 5.76 Å². The standard InChI is InChI=1S/C16H10Cl2N2O2/c17-10-4-3-5-11(8-10)19-16(21)15-9-14(20-22-15)12-6-1-2-7-13(12)18/h1-9H,(H,19,21). The Balaban J connectivity index is 1.82. The third-order valence-corrected chi connectivity index (χ3v) is 3.53. The molecule has 0 aliphatic rings. The van der Waals surface area contributed by atoms with E-state index in [1.165, 1.54) is 0 Å². The highest BCUT2D eigenvalue weighted by Gasteiger charge is 2.15. The van der Waals surface area contributed by atoms with Gasteiger partial charge in [-0.3, -0.25) is 4.79 Å². The lowest BCUT2D eigenvalue weighted by Crippen LogP contribution is -2.10. The van der Waals surface area contributed by atoms with Gasteiger partial charge >= 0.3 is 0 Å². The Morgan fingerprint density at radius 3 is 2.64 bits per heavy atom. The summed E-state index contributed by atoms with van der Waals surface area (Å²) in [6.45, 7) is 0. The number of rotatable bonds is 3. The molecule has 1 N–H and O–H groups in total. The second kappa shape index (κ2) is 6.22. The van der Waals surface area contributed by atoms with E-state index in [0.29, 0.717) is 27.0 Å². The fourth-order valence-corrected chi connectivity index (χ4v) is 2.36. The molecule has 0 aliphatic carbocycles. The number of amides is 1. The molecule has 2 aromatic carbocycles. The van der Waals surface area contributed by atoms with Crippen LogP contribution < -0.4 is 5.32 Å². The highest BCUT2D eigenvalue weighted by atomic mass is 35.5. The second-order valence-corrected chi connectivity index (χ2v) is 5.36. The molecule has 3 aromatic rings. The second-order valence-electron chi connectivity index (χ2n) is 4.52. The van der Waals surface area contributed by atoms with Crippen molar-refractivity contribution in [2.75, 3.05) is 5.32 Å². The van der Waals surface area contributed by atoms with Crippen LogP contribution in [0.1, 0.15) is 10.6 Å². The number of anilines is 1. The van der Waals surface area contributed by atoms with E-state index < -0.39 is 5.91 Å². The summed E-state index contributed by atoms with van der Waals surface area (Å²) in [7, 11) is 0. The molecular weight excluding hydrogens is 323 g/mol. The first-order valence-electron chi connectivity index (χ1n) is 6.42. The van der Waals surface area contributed by atoms with E-state index in [0.717, 1.165) is 0 Å². The lowest BCUT2D eigenvalue weighted by Gasteiger charge is -2.02. The van der Waals surface area contributed by atoms with Crippen molar-refractivity contribution in [3.63, 3.8) is 0 Å². The van der Waals surface area contributed by atoms with Crippen LogP contribution in [0, 0.1) is 0 Å². The minimum Gasteiger partial charge on any atom is -0.350 e. The van der Waals surface area contributed by atoms with Gasteiger partial charge in [-0.25, -0.2) is 0 Å². The summed E-state index contributed by atoms with van der Waals surface area (Å²) in [6, 6.07) is 15.6. The average Bonchev–Trinajstić information content (AvgIpc) is 2.97. The molecule has 4 nitrogen and oxygen atoms in total. The van der Waals surface area contributed by atoms with Gasteiger partial charge < -0.3 is 9.84 Å². The van der Waals surface area contributed by atoms with Gasteiger partial charge in [-0.2, -0.15) is 0 Å². The van der Waals surface area contributed by atoms with E-state index in [1.54, 1.807) is 42.5 Å². The molecule has 1 aromatic heterocycles. The first-order chi connectivity index (χ1) is 10.6. The first-order valence-corrected chi connectivity index (χ1v) is 7.17. The molecule has 1 amide bonds. The third-order valence-electron chi connectivity index (χ3n) is 2.97. The molecule has 0 bridgehead atoms. The van der Waals surface area contributed by atoms with Crippen LogP contribution in [0.15, 0.2) is 59.1 Å². The third kappa shape index (κ3) is 3.13. The molecule has 6 heteroatoms. The van der Waals surface area contributed by atoms with Gasteiger partial charge in [0.15, 0.2) is 0 Å². The number of carbonyl (C=O) groups excluding carboxylic acids is 1. The number of nitrogens with zero attached hydrogens (tertiary/aromatic N) is 1. The molecule has 1 heterocycles. The fraction of sp³-hybridized carbons (Fsp3) is 0. The van der Waals surface area contributed by atoms with Crippen LogP contribution in [-0.2, 0) is 0 Å². The minimum absolute atomic E-state index is 0.0925. The Bertz CT molecular complexity index is 830. The van der Waals surface area contributed by atoms with Crippen LogP contribution in [0.5, 0.6) is 0 Å². The number of nitrogens with one attached hydrogen (secondary N) is 1. The number of hydrogen-bond acceptors (Lipinski definition) is 3. The topological polar surface area (TPSA) is 55.1 Å². The minimum atomic E-state index is -0.409. The zero-order valence-electron chi connectivity index (χ0n) is 11.2. The molecule has 0 fully saturated rings. The maximum Gasteiger partial charge on any atom is 0.294 e. The first kappa shape index (κ1) is 14.6. The van der Waals surface area contributed by atoms with Crippen LogP contribution in [-0.4, -0.2) is 11.1 Å². The van der Waals surface area contributed by atoms with Gasteiger partial charge in [0.25, 0.3) is 5.91 Å². The molecule has 0 saturated carbocycles. The summed E-state index contributed by atoms with van der Waals surface area (Å²) in [6.07, 6.45) is 0. The van der Waals surface area contributed by atoms with E-state index >= 15 is 0 Å². The Hall–Kier alpha value is -2.30. The molecule has 0 saturated heterocycles. The van der Waals surface area contributed by atoms with Crippen LogP contribution in [0.2, 0.25) is 10.0 Å². The number of hydrogen-bond donors (Lipinski definition) is 1. The van der Waals surface area contributed by atoms with Gasteiger partial charge in [0.05, 0.1) is 5.02 Å². The summed E-state index contributed by atoms with van der Waals surface area (Å²) in [5.41, 5.74) is 1.78. The normalized spacial score (nSPS) is 10.5. The largest absolute Gasteiger partial charge is 0.350 e. The van der Waals surface area contributed by atoms with Gasteiger partial charge in [0.2, 0.25) is 5.76 Å². The number of benzene rings is 2. The predicted molar refractivity (Wildman–Crippen MR) is 86.4 cm³/mol. The Labute approximate surface area is 136 Å². The highest BCUT2D eigenvalue weighted by Crippen LogP contribution is 2.27. The molecule has 22 heavy (non-hydrogen) atoms. The van der Waals surface area contributed by atoms with Crippen molar-refractivity contribution < 1.29 is 9.32 Å². The molecule has 110 valence electrons. The maximum atomic E-state index is 12.1. The van der Waals surface area contributed by atoms with Crippen molar-refractivity contribution in [2.24, 2.45) is 0 Å². The zero-order chi connectivity index (χ0) is 15.5. The quantitative estimate of drug-likeness (QED) is 0.742. The SMILES string of the molecule is O=C(Nc1cccc(Cl)c1)c1cc(-c2ccccc2Cl)no1. The number of aromatic nitrogens is 1. The molecule has 3 rings (SSSR count). The zero-order valence-corrected chi connectivity index (χ0v) is 12.7. The van der Waals surface area contributed by atoms with Gasteiger partial charge in [0, 0.05) is 22.3 Å². The van der Waals surface area contributed by atoms with Gasteiger partial charge in [-0.1, -0.05) is 52.6 Å². The smallest absolute Gasteiger partial charge is 0.294 e. The summed E-state index contributed by atoms with van der Waals surface area (Å²) in [4.78, 5) is 12.1. The van der Waals surface area contributed by atoms with E-state index in [9.17, 15) is 4.79 Å². The van der Waals surface area contributed by atoms with Crippen molar-refractivity contribution in [2.45, 2.75) is 0 Å². The summed E-state index contributed by atoms with van der Waals surface area (Å²) in [5.74, 6) is -0.317. The number of carbonyl (C=O) groups is 1. The molecular formula is C16H10Cl2N2O2. The lowest BCUT2D eigenvalue weighted by atomic mass is 10.1. The van der Waals surface area contributed by atoms with Crippen LogP contribution in [0.25, 0.3) is 11.3 Å². The molecule has 0 atom stereocenters. The summed E-state index contributed by atoms with van der Waals surface area (Å²) >= 11 is 12.0. The number of halogens is 2. The van der Waals surface area contributed by atoms with Crippen molar-refractivity contribution in [3.05, 3.63) is 70.4 Å². The predicted octanol–water partition coefficient (Wildman–Crippen LogP) is 4.90. The Morgan fingerprint density at radius 1 is 1.05 bits per heavy atom. The van der Waals surface area contributed by atoms with Gasteiger partial charge in [0.1, 0.15) is 5.69 Å². The molecule has 0 aliphatic heterocycles. The molecule has 0 spiro atoms. The monoisotopic (exact) mass is 332 g/mol. The van der Waals surface area contributed by atoms with Gasteiger partial charge in [-0.15, -0.1) is 0 Å². The van der Waals surface area contributed by atoms with Crippen molar-refractivity contribution in [1.29, 1.82) is 0 Å². The van der Waals surface area contributed by atoms with E-state index in [2.05, 4.69) is 10.5 Å². The van der Waals surface area contributed by atoms with Crippen molar-refractivity contribution >= 4 is 34.8 Å². The van der Waals surface area contributed by atoms with Crippen molar-refractivity contribution in [3.8, 4) is 11.3 Å².